The zero-order valence-corrected chi connectivity index (χ0v) is 23.1. The van der Waals surface area contributed by atoms with Gasteiger partial charge in [0.05, 0.1) is 38.0 Å². The molecular formula is C21H28N11O10P. The van der Waals surface area contributed by atoms with Crippen molar-refractivity contribution in [3.05, 3.63) is 29.3 Å². The minimum Gasteiger partial charge on any atom is -0.388 e. The van der Waals surface area contributed by atoms with Crippen molar-refractivity contribution in [1.82, 2.24) is 39.0 Å². The van der Waals surface area contributed by atoms with Crippen LogP contribution in [0.4, 0.5) is 11.8 Å². The van der Waals surface area contributed by atoms with E-state index < -0.39 is 61.1 Å². The average Bonchev–Trinajstić information content (AvgIpc) is 3.73. The van der Waals surface area contributed by atoms with Crippen LogP contribution in [0.2, 0.25) is 0 Å². The molecule has 10 N–H and O–H groups in total. The Hall–Kier alpha value is -3.47. The molecule has 232 valence electrons. The van der Waals surface area contributed by atoms with E-state index in [1.165, 1.54) is 28.1 Å². The van der Waals surface area contributed by atoms with Gasteiger partial charge in [0.1, 0.15) is 17.9 Å². The van der Waals surface area contributed by atoms with Gasteiger partial charge < -0.3 is 46.1 Å². The van der Waals surface area contributed by atoms with Crippen molar-refractivity contribution in [2.75, 3.05) is 24.7 Å². The first-order valence-corrected chi connectivity index (χ1v) is 13.2. The van der Waals surface area contributed by atoms with Gasteiger partial charge in [0, 0.05) is 15.4 Å². The van der Waals surface area contributed by atoms with Crippen LogP contribution in [0.1, 0.15) is 12.5 Å². The number of aliphatic hydroxyl groups is 2. The lowest BCUT2D eigenvalue weighted by Gasteiger charge is -2.24. The number of hydrogen-bond donors (Lipinski definition) is 7. The summed E-state index contributed by atoms with van der Waals surface area (Å²) in [5.41, 5.74) is 17.8. The highest BCUT2D eigenvalue weighted by atomic mass is 31.0. The summed E-state index contributed by atoms with van der Waals surface area (Å²) in [6.07, 6.45) is -2.68. The van der Waals surface area contributed by atoms with Crippen LogP contribution in [0.3, 0.4) is 0 Å². The number of H-pyrrole nitrogens is 1. The first-order chi connectivity index (χ1) is 20.7. The van der Waals surface area contributed by atoms with Crippen LogP contribution in [0.15, 0.2) is 23.8 Å². The molecule has 2 aliphatic heterocycles. The molecule has 2 saturated heterocycles. The van der Waals surface area contributed by atoms with Crippen LogP contribution < -0.4 is 22.8 Å². The van der Waals surface area contributed by atoms with Gasteiger partial charge in [0.15, 0.2) is 47.5 Å². The van der Waals surface area contributed by atoms with E-state index in [9.17, 15) is 20.3 Å². The van der Waals surface area contributed by atoms with Gasteiger partial charge in [-0.05, 0) is 0 Å². The third-order valence-electron chi connectivity index (χ3n) is 7.22. The van der Waals surface area contributed by atoms with E-state index in [1.807, 2.05) is 0 Å². The predicted octanol–water partition coefficient (Wildman–Crippen LogP) is -2.85. The molecule has 6 rings (SSSR count). The summed E-state index contributed by atoms with van der Waals surface area (Å²) in [4.78, 5) is 39.3. The second kappa shape index (κ2) is 11.9. The lowest BCUT2D eigenvalue weighted by Crippen LogP contribution is -2.44. The highest BCUT2D eigenvalue weighted by Crippen LogP contribution is 2.37. The molecule has 4 aromatic rings. The third kappa shape index (κ3) is 5.30. The van der Waals surface area contributed by atoms with Gasteiger partial charge in [-0.25, -0.2) is 24.8 Å². The van der Waals surface area contributed by atoms with Crippen LogP contribution in [0.25, 0.3) is 22.3 Å². The Labute approximate surface area is 242 Å². The fourth-order valence-electron chi connectivity index (χ4n) is 5.14. The third-order valence-corrected chi connectivity index (χ3v) is 7.41. The smallest absolute Gasteiger partial charge is 0.280 e. The molecule has 6 heterocycles. The van der Waals surface area contributed by atoms with Gasteiger partial charge in [0.25, 0.3) is 12.0 Å². The zero-order chi connectivity index (χ0) is 30.4. The van der Waals surface area contributed by atoms with Gasteiger partial charge in [-0.3, -0.25) is 28.9 Å². The Balaban J connectivity index is 1.13. The molecule has 43 heavy (non-hydrogen) atoms. The molecule has 2 aliphatic rings. The molecule has 22 heteroatoms. The zero-order valence-electron chi connectivity index (χ0n) is 22.0. The predicted molar refractivity (Wildman–Crippen MR) is 144 cm³/mol. The highest BCUT2D eigenvalue weighted by Gasteiger charge is 2.49. The summed E-state index contributed by atoms with van der Waals surface area (Å²) in [6.45, 7) is -2.11. The maximum Gasteiger partial charge on any atom is 0.280 e. The van der Waals surface area contributed by atoms with Gasteiger partial charge in [0.2, 0.25) is 5.95 Å². The second-order valence-corrected chi connectivity index (χ2v) is 10.1. The molecule has 10 atom stereocenters. The normalized spacial score (nSPS) is 30.1. The van der Waals surface area contributed by atoms with Gasteiger partial charge in [-0.2, -0.15) is 4.98 Å². The number of aromatic amines is 1. The molecule has 21 nitrogen and oxygen atoms in total. The minimum atomic E-state index is -1.91. The number of imidazole rings is 2. The SMILES string of the molecule is Nc1nc2c(ncn2[C@@H]2OC(OC(O)OC[C@H]3[C@@H](O)[C@H](n4cnc5c(N)ncnc54)O[C@@H]3COP)[C@@H](N)[C@H]2OO)c(=O)[nH]1. The highest BCUT2D eigenvalue weighted by molar-refractivity contribution is 7.09. The van der Waals surface area contributed by atoms with E-state index in [0.29, 0.717) is 11.2 Å². The summed E-state index contributed by atoms with van der Waals surface area (Å²) in [5.74, 6) is -0.726. The van der Waals surface area contributed by atoms with Crippen molar-refractivity contribution in [3.63, 3.8) is 0 Å². The number of nitrogens with one attached hydrogen (secondary N) is 1. The quantitative estimate of drug-likeness (QED) is 0.0404. The largest absolute Gasteiger partial charge is 0.388 e. The number of rotatable bonds is 10. The number of anilines is 2. The standard InChI is InChI=1S/C21H28N11O10P/c22-8-12(42-36)18(32-5-28-10-15(32)29-20(24)30-16(10)34)40-19(8)41-21(35)37-1-6-7(2-38-43)39-17(11(6)33)31-4-27-9-13(23)25-3-26-14(9)31/h3-8,11-12,17-19,21,33,35-36H,1-2,22,43H2,(H2,23,25,26)(H3,24,29,30,34)/t6-,7-,8+,11-,12-,17-,18-,19?,21?/m1/s1. The van der Waals surface area contributed by atoms with Crippen molar-refractivity contribution in [3.8, 4) is 0 Å². The van der Waals surface area contributed by atoms with E-state index >= 15 is 0 Å². The number of aliphatic hydroxyl groups excluding tert-OH is 2. The Morgan fingerprint density at radius 1 is 1.07 bits per heavy atom. The summed E-state index contributed by atoms with van der Waals surface area (Å²) >= 11 is 0. The molecule has 4 aromatic heterocycles. The van der Waals surface area contributed by atoms with Crippen LogP contribution in [-0.2, 0) is 28.4 Å². The van der Waals surface area contributed by atoms with E-state index in [4.69, 9.17) is 40.7 Å². The van der Waals surface area contributed by atoms with E-state index in [1.54, 1.807) is 0 Å². The lowest BCUT2D eigenvalue weighted by atomic mass is 9.99. The Morgan fingerprint density at radius 2 is 1.81 bits per heavy atom. The first kappa shape index (κ1) is 29.6. The average molecular weight is 625 g/mol. The van der Waals surface area contributed by atoms with Crippen molar-refractivity contribution in [1.29, 1.82) is 0 Å². The first-order valence-electron chi connectivity index (χ1n) is 12.7. The van der Waals surface area contributed by atoms with Crippen molar-refractivity contribution >= 4 is 43.6 Å². The number of aromatic nitrogens is 8. The minimum absolute atomic E-state index is 0.0323. The summed E-state index contributed by atoms with van der Waals surface area (Å²) in [5, 5.41) is 31.3. The summed E-state index contributed by atoms with van der Waals surface area (Å²) in [6, 6.07) is -1.16. The van der Waals surface area contributed by atoms with Crippen molar-refractivity contribution in [2.24, 2.45) is 11.7 Å². The molecule has 0 radical (unpaired) electrons. The summed E-state index contributed by atoms with van der Waals surface area (Å²) < 4.78 is 30.7. The Kier molecular flexibility index (Phi) is 8.19. The van der Waals surface area contributed by atoms with Gasteiger partial charge >= 0.3 is 0 Å². The Morgan fingerprint density at radius 3 is 2.56 bits per heavy atom. The van der Waals surface area contributed by atoms with Crippen LogP contribution in [0.5, 0.6) is 0 Å². The number of ether oxygens (including phenoxy) is 4. The maximum absolute atomic E-state index is 12.2. The van der Waals surface area contributed by atoms with Crippen molar-refractivity contribution in [2.45, 2.75) is 49.6 Å². The molecule has 0 bridgehead atoms. The fourth-order valence-corrected chi connectivity index (χ4v) is 5.33. The second-order valence-electron chi connectivity index (χ2n) is 9.73. The molecule has 0 spiro atoms. The Bertz CT molecular complexity index is 1650. The maximum atomic E-state index is 12.2. The van der Waals surface area contributed by atoms with E-state index in [2.05, 4.69) is 44.3 Å². The summed E-state index contributed by atoms with van der Waals surface area (Å²) in [7, 11) is 2.10. The molecule has 0 amide bonds. The van der Waals surface area contributed by atoms with Gasteiger partial charge in [-0.15, -0.1) is 0 Å². The molecule has 0 saturated carbocycles. The van der Waals surface area contributed by atoms with Crippen LogP contribution in [-0.4, -0.2) is 105 Å². The monoisotopic (exact) mass is 625 g/mol. The molecule has 2 fully saturated rings. The number of nitrogens with zero attached hydrogens (tertiary/aromatic N) is 7. The lowest BCUT2D eigenvalue weighted by molar-refractivity contribution is -0.329. The molecule has 0 aliphatic carbocycles. The number of fused-ring (bicyclic) bond motifs is 2. The van der Waals surface area contributed by atoms with Gasteiger partial charge in [-0.1, -0.05) is 0 Å². The number of hydrogen-bond acceptors (Lipinski definition) is 18. The van der Waals surface area contributed by atoms with E-state index in [-0.39, 0.29) is 36.1 Å². The van der Waals surface area contributed by atoms with Crippen molar-refractivity contribution < 1.29 is 43.8 Å². The molecule has 3 unspecified atom stereocenters. The van der Waals surface area contributed by atoms with E-state index in [0.717, 1.165) is 0 Å². The van der Waals surface area contributed by atoms with Crippen LogP contribution in [0, 0.1) is 5.92 Å². The fraction of sp³-hybridized carbons (Fsp3) is 0.524. The molecular weight excluding hydrogens is 597 g/mol. The number of nitrogens with two attached hydrogens (primary N) is 3. The topological polar surface area (TPSA) is 301 Å². The molecule has 0 aromatic carbocycles. The van der Waals surface area contributed by atoms with Crippen LogP contribution >= 0.6 is 9.47 Å². The number of nitrogen functional groups attached to an aromatic ring is 2.